The van der Waals surface area contributed by atoms with Gasteiger partial charge in [-0.25, -0.2) is 0 Å². The van der Waals surface area contributed by atoms with E-state index >= 15 is 0 Å². The van der Waals surface area contributed by atoms with Crippen molar-refractivity contribution in [3.63, 3.8) is 0 Å². The molecule has 0 bridgehead atoms. The van der Waals surface area contributed by atoms with Crippen molar-refractivity contribution < 1.29 is 14.3 Å². The van der Waals surface area contributed by atoms with Crippen LogP contribution in [0.4, 0.5) is 0 Å². The molecule has 0 spiro atoms. The Kier molecular flexibility index (Phi) is 6.49. The molecule has 1 heterocycles. The molecule has 5 nitrogen and oxygen atoms in total. The van der Waals surface area contributed by atoms with Gasteiger partial charge in [-0.05, 0) is 41.8 Å². The molecule has 0 atom stereocenters. The molecule has 3 rings (SSSR count). The summed E-state index contributed by atoms with van der Waals surface area (Å²) in [5, 5.41) is 3.00. The van der Waals surface area contributed by atoms with Crippen LogP contribution in [-0.4, -0.2) is 38.1 Å². The molecule has 0 aliphatic carbocycles. The molecule has 0 radical (unpaired) electrons. The number of nitrogens with zero attached hydrogens (tertiary/aromatic N) is 1. The standard InChI is InChI=1S/C22H26N2O3/c1-26-20-7-3-5-17(13-20)15-23-22(25)19-9-11-24(12-10-19)16-18-6-4-8-21(14-18)27-2/h3-9,13-14H,10-12,15-16H2,1-2H3,(H,23,25). The van der Waals surface area contributed by atoms with Gasteiger partial charge in [0, 0.05) is 31.8 Å². The minimum Gasteiger partial charge on any atom is -0.497 e. The Morgan fingerprint density at radius 3 is 2.33 bits per heavy atom. The van der Waals surface area contributed by atoms with Crippen LogP contribution in [0.1, 0.15) is 17.5 Å². The molecular weight excluding hydrogens is 340 g/mol. The third kappa shape index (κ3) is 5.34. The molecule has 0 saturated heterocycles. The van der Waals surface area contributed by atoms with Gasteiger partial charge in [0.2, 0.25) is 5.91 Å². The lowest BCUT2D eigenvalue weighted by atomic mass is 10.1. The van der Waals surface area contributed by atoms with Crippen LogP contribution in [0.5, 0.6) is 11.5 Å². The molecule has 0 unspecified atom stereocenters. The second-order valence-corrected chi connectivity index (χ2v) is 6.60. The quantitative estimate of drug-likeness (QED) is 0.818. The number of methoxy groups -OCH3 is 2. The lowest BCUT2D eigenvalue weighted by molar-refractivity contribution is -0.117. The average molecular weight is 366 g/mol. The highest BCUT2D eigenvalue weighted by Crippen LogP contribution is 2.18. The van der Waals surface area contributed by atoms with E-state index in [1.807, 2.05) is 42.5 Å². The first kappa shape index (κ1) is 19.0. The smallest absolute Gasteiger partial charge is 0.247 e. The summed E-state index contributed by atoms with van der Waals surface area (Å²) >= 11 is 0. The van der Waals surface area contributed by atoms with E-state index in [2.05, 4.69) is 22.3 Å². The molecule has 0 aromatic heterocycles. The van der Waals surface area contributed by atoms with Crippen molar-refractivity contribution in [3.8, 4) is 11.5 Å². The predicted octanol–water partition coefficient (Wildman–Crippen LogP) is 3.15. The van der Waals surface area contributed by atoms with E-state index in [1.165, 1.54) is 5.56 Å². The molecule has 2 aromatic carbocycles. The Morgan fingerprint density at radius 1 is 1.04 bits per heavy atom. The van der Waals surface area contributed by atoms with Gasteiger partial charge in [0.05, 0.1) is 14.2 Å². The summed E-state index contributed by atoms with van der Waals surface area (Å²) in [5.41, 5.74) is 3.10. The minimum absolute atomic E-state index is 0.0128. The Labute approximate surface area is 160 Å². The fourth-order valence-electron chi connectivity index (χ4n) is 3.17. The summed E-state index contributed by atoms with van der Waals surface area (Å²) in [7, 11) is 3.32. The minimum atomic E-state index is 0.0128. The summed E-state index contributed by atoms with van der Waals surface area (Å²) in [6.07, 6.45) is 2.79. The lowest BCUT2D eigenvalue weighted by Gasteiger charge is -2.26. The highest BCUT2D eigenvalue weighted by Gasteiger charge is 2.17. The van der Waals surface area contributed by atoms with Gasteiger partial charge in [-0.15, -0.1) is 0 Å². The van der Waals surface area contributed by atoms with Gasteiger partial charge >= 0.3 is 0 Å². The molecule has 2 aromatic rings. The van der Waals surface area contributed by atoms with E-state index in [-0.39, 0.29) is 5.91 Å². The van der Waals surface area contributed by atoms with Crippen molar-refractivity contribution in [3.05, 3.63) is 71.3 Å². The molecule has 27 heavy (non-hydrogen) atoms. The van der Waals surface area contributed by atoms with Gasteiger partial charge in [0.25, 0.3) is 0 Å². The zero-order valence-electron chi connectivity index (χ0n) is 15.9. The first-order valence-electron chi connectivity index (χ1n) is 9.13. The number of hydrogen-bond acceptors (Lipinski definition) is 4. The third-order valence-electron chi connectivity index (χ3n) is 4.71. The van der Waals surface area contributed by atoms with Crippen LogP contribution < -0.4 is 14.8 Å². The number of nitrogens with one attached hydrogen (secondary N) is 1. The lowest BCUT2D eigenvalue weighted by Crippen LogP contribution is -2.33. The summed E-state index contributed by atoms with van der Waals surface area (Å²) in [6.45, 7) is 3.00. The van der Waals surface area contributed by atoms with Crippen molar-refractivity contribution >= 4 is 5.91 Å². The molecule has 1 N–H and O–H groups in total. The number of benzene rings is 2. The van der Waals surface area contributed by atoms with Gasteiger partial charge < -0.3 is 14.8 Å². The first-order valence-corrected chi connectivity index (χ1v) is 9.13. The van der Waals surface area contributed by atoms with Gasteiger partial charge in [0.15, 0.2) is 0 Å². The number of rotatable bonds is 7. The summed E-state index contributed by atoms with van der Waals surface area (Å²) < 4.78 is 10.5. The molecular formula is C22H26N2O3. The van der Waals surface area contributed by atoms with Crippen LogP contribution >= 0.6 is 0 Å². The number of ether oxygens (including phenoxy) is 2. The SMILES string of the molecule is COc1cccc(CNC(=O)C2=CCN(Cc3cccc(OC)c3)CC2)c1. The van der Waals surface area contributed by atoms with E-state index < -0.39 is 0 Å². The van der Waals surface area contributed by atoms with Crippen molar-refractivity contribution in [2.45, 2.75) is 19.5 Å². The van der Waals surface area contributed by atoms with E-state index in [4.69, 9.17) is 9.47 Å². The van der Waals surface area contributed by atoms with Crippen LogP contribution in [0, 0.1) is 0 Å². The monoisotopic (exact) mass is 366 g/mol. The highest BCUT2D eigenvalue weighted by molar-refractivity contribution is 5.93. The highest BCUT2D eigenvalue weighted by atomic mass is 16.5. The van der Waals surface area contributed by atoms with Crippen LogP contribution in [-0.2, 0) is 17.9 Å². The van der Waals surface area contributed by atoms with E-state index in [9.17, 15) is 4.79 Å². The van der Waals surface area contributed by atoms with E-state index in [0.717, 1.165) is 48.7 Å². The molecule has 0 saturated carbocycles. The number of carbonyl (C=O) groups excluding carboxylic acids is 1. The van der Waals surface area contributed by atoms with E-state index in [1.54, 1.807) is 14.2 Å². The second-order valence-electron chi connectivity index (χ2n) is 6.60. The Balaban J connectivity index is 1.50. The summed E-state index contributed by atoms with van der Waals surface area (Å²) in [4.78, 5) is 14.8. The predicted molar refractivity (Wildman–Crippen MR) is 106 cm³/mol. The zero-order chi connectivity index (χ0) is 19.1. The number of amides is 1. The summed E-state index contributed by atoms with van der Waals surface area (Å²) in [6, 6.07) is 15.8. The van der Waals surface area contributed by atoms with Gasteiger partial charge in [-0.2, -0.15) is 0 Å². The zero-order valence-corrected chi connectivity index (χ0v) is 15.9. The number of carbonyl (C=O) groups is 1. The van der Waals surface area contributed by atoms with E-state index in [0.29, 0.717) is 6.54 Å². The van der Waals surface area contributed by atoms with Crippen LogP contribution in [0.3, 0.4) is 0 Å². The van der Waals surface area contributed by atoms with Crippen molar-refractivity contribution in [2.24, 2.45) is 0 Å². The Morgan fingerprint density at radius 2 is 1.70 bits per heavy atom. The molecule has 142 valence electrons. The number of hydrogen-bond donors (Lipinski definition) is 1. The van der Waals surface area contributed by atoms with Gasteiger partial charge in [0.1, 0.15) is 11.5 Å². The molecule has 1 aliphatic heterocycles. The largest absolute Gasteiger partial charge is 0.497 e. The van der Waals surface area contributed by atoms with Gasteiger partial charge in [-0.3, -0.25) is 9.69 Å². The maximum absolute atomic E-state index is 12.4. The average Bonchev–Trinajstić information content (AvgIpc) is 2.73. The van der Waals surface area contributed by atoms with Crippen molar-refractivity contribution in [1.82, 2.24) is 10.2 Å². The normalized spacial score (nSPS) is 14.4. The van der Waals surface area contributed by atoms with Crippen molar-refractivity contribution in [2.75, 3.05) is 27.3 Å². The molecule has 0 fully saturated rings. The Hall–Kier alpha value is -2.79. The van der Waals surface area contributed by atoms with Crippen molar-refractivity contribution in [1.29, 1.82) is 0 Å². The molecule has 5 heteroatoms. The van der Waals surface area contributed by atoms with Crippen LogP contribution in [0.25, 0.3) is 0 Å². The Bertz CT molecular complexity index is 817. The van der Waals surface area contributed by atoms with Crippen LogP contribution in [0.15, 0.2) is 60.2 Å². The summed E-state index contributed by atoms with van der Waals surface area (Å²) in [5.74, 6) is 1.68. The molecule has 1 aliphatic rings. The fraction of sp³-hybridized carbons (Fsp3) is 0.318. The maximum atomic E-state index is 12.4. The maximum Gasteiger partial charge on any atom is 0.247 e. The second kappa shape index (κ2) is 9.24. The van der Waals surface area contributed by atoms with Gasteiger partial charge in [-0.1, -0.05) is 30.3 Å². The topological polar surface area (TPSA) is 50.8 Å². The fourth-order valence-corrected chi connectivity index (χ4v) is 3.17. The molecule has 1 amide bonds. The third-order valence-corrected chi connectivity index (χ3v) is 4.71. The first-order chi connectivity index (χ1) is 13.2. The van der Waals surface area contributed by atoms with Crippen LogP contribution in [0.2, 0.25) is 0 Å².